The number of aryl methyl sites for hydroxylation is 1. The summed E-state index contributed by atoms with van der Waals surface area (Å²) < 4.78 is 6.15. The van der Waals surface area contributed by atoms with Crippen LogP contribution in [0.15, 0.2) is 40.9 Å². The number of halogens is 1. The molecule has 0 atom stereocenters. The molecule has 0 saturated heterocycles. The summed E-state index contributed by atoms with van der Waals surface area (Å²) >= 11 is 3.53. The third-order valence-corrected chi connectivity index (χ3v) is 3.60. The predicted octanol–water partition coefficient (Wildman–Crippen LogP) is 4.23. The minimum absolute atomic E-state index is 0.578. The third kappa shape index (κ3) is 3.28. The van der Waals surface area contributed by atoms with Crippen LogP contribution in [0.3, 0.4) is 0 Å². The monoisotopic (exact) mass is 320 g/mol. The first kappa shape index (κ1) is 13.9. The van der Waals surface area contributed by atoms with E-state index in [1.54, 1.807) is 7.11 Å². The summed E-state index contributed by atoms with van der Waals surface area (Å²) in [6, 6.07) is 12.0. The van der Waals surface area contributed by atoms with Crippen molar-refractivity contribution in [2.45, 2.75) is 13.5 Å². The number of nitrogens with one attached hydrogen (secondary N) is 1. The maximum atomic E-state index is 5.88. The zero-order chi connectivity index (χ0) is 13.8. The Hall–Kier alpha value is -1.52. The number of hydrogen-bond donors (Lipinski definition) is 2. The Kier molecular flexibility index (Phi) is 4.45. The van der Waals surface area contributed by atoms with E-state index in [1.165, 1.54) is 0 Å². The van der Waals surface area contributed by atoms with Crippen LogP contribution in [0.2, 0.25) is 0 Å². The number of nitrogens with two attached hydrogens (primary N) is 1. The zero-order valence-electron chi connectivity index (χ0n) is 11.0. The summed E-state index contributed by atoms with van der Waals surface area (Å²) in [4.78, 5) is 0. The molecule has 2 rings (SSSR count). The second-order valence-electron chi connectivity index (χ2n) is 4.40. The fourth-order valence-electron chi connectivity index (χ4n) is 1.86. The van der Waals surface area contributed by atoms with E-state index in [0.717, 1.165) is 32.7 Å². The van der Waals surface area contributed by atoms with Crippen molar-refractivity contribution in [3.05, 3.63) is 52.0 Å². The molecule has 100 valence electrons. The van der Waals surface area contributed by atoms with E-state index in [1.807, 2.05) is 43.3 Å². The van der Waals surface area contributed by atoms with Crippen molar-refractivity contribution in [1.29, 1.82) is 0 Å². The predicted molar refractivity (Wildman–Crippen MR) is 83.7 cm³/mol. The smallest absolute Gasteiger partial charge is 0.0733 e. The van der Waals surface area contributed by atoms with E-state index in [0.29, 0.717) is 6.61 Å². The number of nitrogen functional groups attached to an aromatic ring is 1. The van der Waals surface area contributed by atoms with Gasteiger partial charge < -0.3 is 15.8 Å². The van der Waals surface area contributed by atoms with E-state index in [9.17, 15) is 0 Å². The van der Waals surface area contributed by atoms with Gasteiger partial charge in [0.25, 0.3) is 0 Å². The molecule has 2 aromatic rings. The van der Waals surface area contributed by atoms with Gasteiger partial charge in [-0.3, -0.25) is 0 Å². The Morgan fingerprint density at radius 1 is 1.21 bits per heavy atom. The molecule has 0 aliphatic rings. The van der Waals surface area contributed by atoms with Gasteiger partial charge in [0.15, 0.2) is 0 Å². The first-order valence-electron chi connectivity index (χ1n) is 6.01. The molecule has 0 amide bonds. The molecular formula is C15H17BrN2O. The fourth-order valence-corrected chi connectivity index (χ4v) is 2.32. The van der Waals surface area contributed by atoms with E-state index >= 15 is 0 Å². The second-order valence-corrected chi connectivity index (χ2v) is 5.26. The summed E-state index contributed by atoms with van der Waals surface area (Å²) in [7, 11) is 1.69. The molecule has 0 aliphatic carbocycles. The number of methoxy groups -OCH3 is 1. The summed E-state index contributed by atoms with van der Waals surface area (Å²) in [6.07, 6.45) is 0. The number of hydrogen-bond acceptors (Lipinski definition) is 3. The van der Waals surface area contributed by atoms with Crippen molar-refractivity contribution in [3.8, 4) is 0 Å². The summed E-state index contributed by atoms with van der Waals surface area (Å²) in [6.45, 7) is 2.57. The van der Waals surface area contributed by atoms with Crippen LogP contribution in [0.5, 0.6) is 0 Å². The van der Waals surface area contributed by atoms with Gasteiger partial charge in [-0.05, 0) is 46.6 Å². The maximum absolute atomic E-state index is 5.88. The van der Waals surface area contributed by atoms with Crippen LogP contribution < -0.4 is 11.1 Å². The second kappa shape index (κ2) is 6.08. The first-order chi connectivity index (χ1) is 9.11. The van der Waals surface area contributed by atoms with E-state index in [4.69, 9.17) is 10.5 Å². The number of para-hydroxylation sites is 1. The first-order valence-corrected chi connectivity index (χ1v) is 6.80. The standard InChI is InChI=1S/C15H17BrN2O/c1-10-7-15(12(16)8-13(10)17)18-14-6-4-3-5-11(14)9-19-2/h3-8,18H,9,17H2,1-2H3. The highest BCUT2D eigenvalue weighted by Gasteiger charge is 2.06. The van der Waals surface area contributed by atoms with Crippen LogP contribution in [0, 0.1) is 6.92 Å². The summed E-state index contributed by atoms with van der Waals surface area (Å²) in [5.74, 6) is 0. The molecule has 19 heavy (non-hydrogen) atoms. The molecule has 4 heteroatoms. The number of anilines is 3. The van der Waals surface area contributed by atoms with Crippen molar-refractivity contribution < 1.29 is 4.74 Å². The van der Waals surface area contributed by atoms with Crippen molar-refractivity contribution in [2.24, 2.45) is 0 Å². The van der Waals surface area contributed by atoms with Gasteiger partial charge in [-0.2, -0.15) is 0 Å². The minimum Gasteiger partial charge on any atom is -0.398 e. The zero-order valence-corrected chi connectivity index (χ0v) is 12.6. The van der Waals surface area contributed by atoms with Gasteiger partial charge >= 0.3 is 0 Å². The minimum atomic E-state index is 0.578. The fraction of sp³-hybridized carbons (Fsp3) is 0.200. The van der Waals surface area contributed by atoms with Gasteiger partial charge in [-0.25, -0.2) is 0 Å². The lowest BCUT2D eigenvalue weighted by atomic mass is 10.1. The van der Waals surface area contributed by atoms with Gasteiger partial charge in [-0.15, -0.1) is 0 Å². The van der Waals surface area contributed by atoms with E-state index in [2.05, 4.69) is 21.2 Å². The molecule has 0 aromatic heterocycles. The van der Waals surface area contributed by atoms with Crippen LogP contribution in [0.1, 0.15) is 11.1 Å². The molecule has 0 spiro atoms. The van der Waals surface area contributed by atoms with Crippen LogP contribution in [0.4, 0.5) is 17.1 Å². The Bertz CT molecular complexity index is 584. The van der Waals surface area contributed by atoms with Gasteiger partial charge in [0, 0.05) is 28.5 Å². The molecule has 0 radical (unpaired) electrons. The number of benzene rings is 2. The molecule has 2 aromatic carbocycles. The van der Waals surface area contributed by atoms with Crippen molar-refractivity contribution in [2.75, 3.05) is 18.2 Å². The molecule has 3 nitrogen and oxygen atoms in total. The molecule has 3 N–H and O–H groups in total. The molecule has 0 saturated carbocycles. The van der Waals surface area contributed by atoms with Crippen LogP contribution >= 0.6 is 15.9 Å². The summed E-state index contributed by atoms with van der Waals surface area (Å²) in [5, 5.41) is 3.41. The maximum Gasteiger partial charge on any atom is 0.0733 e. The average Bonchev–Trinajstić information content (AvgIpc) is 2.38. The van der Waals surface area contributed by atoms with Gasteiger partial charge in [0.2, 0.25) is 0 Å². The normalized spacial score (nSPS) is 10.5. The highest BCUT2D eigenvalue weighted by Crippen LogP contribution is 2.31. The van der Waals surface area contributed by atoms with Crippen molar-refractivity contribution in [3.63, 3.8) is 0 Å². The molecule has 0 bridgehead atoms. The van der Waals surface area contributed by atoms with Crippen molar-refractivity contribution >= 4 is 33.0 Å². The topological polar surface area (TPSA) is 47.3 Å². The number of rotatable bonds is 4. The van der Waals surface area contributed by atoms with Gasteiger partial charge in [-0.1, -0.05) is 18.2 Å². The molecular weight excluding hydrogens is 304 g/mol. The lowest BCUT2D eigenvalue weighted by molar-refractivity contribution is 0.185. The highest BCUT2D eigenvalue weighted by molar-refractivity contribution is 9.10. The third-order valence-electron chi connectivity index (χ3n) is 2.94. The average molecular weight is 321 g/mol. The van der Waals surface area contributed by atoms with Crippen molar-refractivity contribution in [1.82, 2.24) is 0 Å². The Labute approximate surface area is 121 Å². The molecule has 0 aliphatic heterocycles. The quantitative estimate of drug-likeness (QED) is 0.829. The van der Waals surface area contributed by atoms with Crippen LogP contribution in [0.25, 0.3) is 0 Å². The highest BCUT2D eigenvalue weighted by atomic mass is 79.9. The Morgan fingerprint density at radius 2 is 1.95 bits per heavy atom. The SMILES string of the molecule is COCc1ccccc1Nc1cc(C)c(N)cc1Br. The molecule has 0 heterocycles. The van der Waals surface area contributed by atoms with Gasteiger partial charge in [0.1, 0.15) is 0 Å². The lowest BCUT2D eigenvalue weighted by Gasteiger charge is -2.14. The Balaban J connectivity index is 2.33. The number of ether oxygens (including phenoxy) is 1. The Morgan fingerprint density at radius 3 is 2.68 bits per heavy atom. The largest absolute Gasteiger partial charge is 0.398 e. The van der Waals surface area contributed by atoms with Gasteiger partial charge in [0.05, 0.1) is 12.3 Å². The summed E-state index contributed by atoms with van der Waals surface area (Å²) in [5.41, 5.74) is 10.9. The molecule has 0 unspecified atom stereocenters. The molecule has 0 fully saturated rings. The lowest BCUT2D eigenvalue weighted by Crippen LogP contribution is -1.99. The van der Waals surface area contributed by atoms with E-state index < -0.39 is 0 Å². The van der Waals surface area contributed by atoms with Crippen LogP contribution in [-0.4, -0.2) is 7.11 Å². The van der Waals surface area contributed by atoms with E-state index in [-0.39, 0.29) is 0 Å². The van der Waals surface area contributed by atoms with Crippen LogP contribution in [-0.2, 0) is 11.3 Å².